The highest BCUT2D eigenvalue weighted by Crippen LogP contribution is 2.16. The second kappa shape index (κ2) is 5.35. The van der Waals surface area contributed by atoms with Crippen molar-refractivity contribution in [3.63, 3.8) is 0 Å². The van der Waals surface area contributed by atoms with Crippen LogP contribution < -0.4 is 0 Å². The monoisotopic (exact) mass is 246 g/mol. The van der Waals surface area contributed by atoms with Gasteiger partial charge in [-0.3, -0.25) is 4.79 Å². The molecule has 0 saturated carbocycles. The van der Waals surface area contributed by atoms with Crippen molar-refractivity contribution < 1.29 is 14.3 Å². The quantitative estimate of drug-likeness (QED) is 0.896. The molecule has 0 aliphatic rings. The molecule has 1 N–H and O–H groups in total. The van der Waals surface area contributed by atoms with Gasteiger partial charge >= 0.3 is 0 Å². The average molecular weight is 246 g/mol. The van der Waals surface area contributed by atoms with Crippen molar-refractivity contribution in [3.8, 4) is 5.75 Å². The van der Waals surface area contributed by atoms with Gasteiger partial charge in [-0.15, -0.1) is 0 Å². The van der Waals surface area contributed by atoms with Crippen molar-refractivity contribution >= 4 is 5.91 Å². The molecule has 5 heteroatoms. The minimum Gasteiger partial charge on any atom is -0.505 e. The number of hydrogen-bond acceptors (Lipinski definition) is 4. The van der Waals surface area contributed by atoms with Crippen molar-refractivity contribution in [2.24, 2.45) is 0 Å². The Morgan fingerprint density at radius 3 is 2.89 bits per heavy atom. The van der Waals surface area contributed by atoms with Crippen molar-refractivity contribution in [1.82, 2.24) is 9.88 Å². The zero-order valence-corrected chi connectivity index (χ0v) is 10.0. The van der Waals surface area contributed by atoms with Crippen LogP contribution in [-0.4, -0.2) is 27.4 Å². The molecule has 2 rings (SSSR count). The summed E-state index contributed by atoms with van der Waals surface area (Å²) in [5.74, 6) is 0.271. The number of nitrogens with zero attached hydrogens (tertiary/aromatic N) is 2. The van der Waals surface area contributed by atoms with Gasteiger partial charge in [-0.05, 0) is 31.2 Å². The third-order valence-corrected chi connectivity index (χ3v) is 2.58. The van der Waals surface area contributed by atoms with Crippen LogP contribution in [0, 0.1) is 0 Å². The highest BCUT2D eigenvalue weighted by Gasteiger charge is 2.19. The number of amides is 1. The van der Waals surface area contributed by atoms with E-state index < -0.39 is 0 Å². The number of aromatic hydroxyl groups is 1. The highest BCUT2D eigenvalue weighted by molar-refractivity contribution is 5.94. The van der Waals surface area contributed by atoms with Gasteiger partial charge in [0.25, 0.3) is 5.91 Å². The molecular weight excluding hydrogens is 232 g/mol. The molecule has 0 bridgehead atoms. The third kappa shape index (κ3) is 2.51. The van der Waals surface area contributed by atoms with Crippen LogP contribution in [0.3, 0.4) is 0 Å². The lowest BCUT2D eigenvalue weighted by Crippen LogP contribution is -2.30. The molecule has 0 aliphatic heterocycles. The van der Waals surface area contributed by atoms with Gasteiger partial charge in [0.1, 0.15) is 11.5 Å². The maximum absolute atomic E-state index is 12.2. The van der Waals surface area contributed by atoms with Gasteiger partial charge in [-0.2, -0.15) is 0 Å². The molecule has 0 saturated heterocycles. The molecular formula is C13H14N2O3. The van der Waals surface area contributed by atoms with Gasteiger partial charge in [0, 0.05) is 12.7 Å². The molecule has 0 atom stereocenters. The predicted molar refractivity (Wildman–Crippen MR) is 65.0 cm³/mol. The topological polar surface area (TPSA) is 66.6 Å². The van der Waals surface area contributed by atoms with E-state index in [1.54, 1.807) is 29.4 Å². The van der Waals surface area contributed by atoms with Crippen LogP contribution in [-0.2, 0) is 6.54 Å². The lowest BCUT2D eigenvalue weighted by Gasteiger charge is -2.19. The van der Waals surface area contributed by atoms with E-state index in [4.69, 9.17) is 4.42 Å². The van der Waals surface area contributed by atoms with E-state index in [2.05, 4.69) is 4.98 Å². The summed E-state index contributed by atoms with van der Waals surface area (Å²) in [6.45, 7) is 2.73. The van der Waals surface area contributed by atoms with Crippen LogP contribution in [0.5, 0.6) is 5.75 Å². The average Bonchev–Trinajstić information content (AvgIpc) is 2.88. The van der Waals surface area contributed by atoms with Crippen LogP contribution in [0.1, 0.15) is 23.2 Å². The fourth-order valence-electron chi connectivity index (χ4n) is 1.63. The summed E-state index contributed by atoms with van der Waals surface area (Å²) in [6.07, 6.45) is 3.04. The van der Waals surface area contributed by atoms with E-state index in [0.29, 0.717) is 18.8 Å². The number of carbonyl (C=O) groups is 1. The lowest BCUT2D eigenvalue weighted by molar-refractivity contribution is 0.0732. The zero-order chi connectivity index (χ0) is 13.0. The Kier molecular flexibility index (Phi) is 3.62. The Bertz CT molecular complexity index is 523. The van der Waals surface area contributed by atoms with Gasteiger partial charge in [0.05, 0.1) is 12.8 Å². The fourth-order valence-corrected chi connectivity index (χ4v) is 1.63. The molecule has 18 heavy (non-hydrogen) atoms. The Morgan fingerprint density at radius 1 is 1.44 bits per heavy atom. The van der Waals surface area contributed by atoms with Crippen LogP contribution in [0.25, 0.3) is 0 Å². The summed E-state index contributed by atoms with van der Waals surface area (Å²) in [5.41, 5.74) is 0.0610. The summed E-state index contributed by atoms with van der Waals surface area (Å²) in [7, 11) is 0. The number of furan rings is 1. The van der Waals surface area contributed by atoms with Crippen molar-refractivity contribution in [1.29, 1.82) is 0 Å². The summed E-state index contributed by atoms with van der Waals surface area (Å²) >= 11 is 0. The molecule has 0 aliphatic carbocycles. The van der Waals surface area contributed by atoms with Crippen LogP contribution in [0.15, 0.2) is 41.1 Å². The van der Waals surface area contributed by atoms with Crippen molar-refractivity contribution in [2.75, 3.05) is 6.54 Å². The Labute approximate surface area is 105 Å². The molecule has 0 unspecified atom stereocenters. The second-order valence-electron chi connectivity index (χ2n) is 3.77. The molecule has 0 spiro atoms. The first kappa shape index (κ1) is 12.2. The standard InChI is InChI=1S/C13H14N2O3/c1-2-15(9-10-5-4-8-18-10)13(17)12-11(16)6-3-7-14-12/h3-8,16H,2,9H2,1H3. The molecule has 5 nitrogen and oxygen atoms in total. The number of carbonyl (C=O) groups excluding carboxylic acids is 1. The first-order valence-corrected chi connectivity index (χ1v) is 5.68. The third-order valence-electron chi connectivity index (χ3n) is 2.58. The number of aromatic nitrogens is 1. The number of pyridine rings is 1. The van der Waals surface area contributed by atoms with Crippen LogP contribution >= 0.6 is 0 Å². The van der Waals surface area contributed by atoms with E-state index in [1.165, 1.54) is 12.3 Å². The van der Waals surface area contributed by atoms with Gasteiger partial charge in [0.15, 0.2) is 5.69 Å². The number of rotatable bonds is 4. The summed E-state index contributed by atoms with van der Waals surface area (Å²) in [6, 6.07) is 6.59. The van der Waals surface area contributed by atoms with Gasteiger partial charge in [-0.1, -0.05) is 0 Å². The van der Waals surface area contributed by atoms with Crippen LogP contribution in [0.4, 0.5) is 0 Å². The first-order chi connectivity index (χ1) is 8.72. The SMILES string of the molecule is CCN(Cc1ccco1)C(=O)c1ncccc1O. The van der Waals surface area contributed by atoms with E-state index in [0.717, 1.165) is 0 Å². The van der Waals surface area contributed by atoms with E-state index in [1.807, 2.05) is 6.92 Å². The van der Waals surface area contributed by atoms with Crippen molar-refractivity contribution in [3.05, 3.63) is 48.2 Å². The van der Waals surface area contributed by atoms with Crippen molar-refractivity contribution in [2.45, 2.75) is 13.5 Å². The maximum Gasteiger partial charge on any atom is 0.276 e. The maximum atomic E-state index is 12.2. The zero-order valence-electron chi connectivity index (χ0n) is 10.0. The Balaban J connectivity index is 2.18. The Morgan fingerprint density at radius 2 is 2.28 bits per heavy atom. The molecule has 2 aromatic rings. The smallest absolute Gasteiger partial charge is 0.276 e. The van der Waals surface area contributed by atoms with E-state index in [-0.39, 0.29) is 17.4 Å². The highest BCUT2D eigenvalue weighted by atomic mass is 16.3. The molecule has 2 heterocycles. The minimum atomic E-state index is -0.313. The molecule has 0 radical (unpaired) electrons. The van der Waals surface area contributed by atoms with Gasteiger partial charge in [0.2, 0.25) is 0 Å². The molecule has 94 valence electrons. The van der Waals surface area contributed by atoms with Crippen LogP contribution in [0.2, 0.25) is 0 Å². The molecule has 1 amide bonds. The summed E-state index contributed by atoms with van der Waals surface area (Å²) < 4.78 is 5.21. The number of hydrogen-bond donors (Lipinski definition) is 1. The van der Waals surface area contributed by atoms with Gasteiger partial charge < -0.3 is 14.4 Å². The minimum absolute atomic E-state index is 0.0610. The molecule has 0 fully saturated rings. The molecule has 0 aromatic carbocycles. The van der Waals surface area contributed by atoms with Gasteiger partial charge in [-0.25, -0.2) is 4.98 Å². The second-order valence-corrected chi connectivity index (χ2v) is 3.77. The summed E-state index contributed by atoms with van der Waals surface area (Å²) in [5, 5.41) is 9.62. The largest absolute Gasteiger partial charge is 0.505 e. The Hall–Kier alpha value is -2.30. The lowest BCUT2D eigenvalue weighted by atomic mass is 10.2. The van der Waals surface area contributed by atoms with E-state index in [9.17, 15) is 9.90 Å². The first-order valence-electron chi connectivity index (χ1n) is 5.68. The predicted octanol–water partition coefficient (Wildman–Crippen LogP) is 2.04. The fraction of sp³-hybridized carbons (Fsp3) is 0.231. The molecule has 2 aromatic heterocycles. The van der Waals surface area contributed by atoms with E-state index >= 15 is 0 Å². The normalized spacial score (nSPS) is 10.3. The summed E-state index contributed by atoms with van der Waals surface area (Å²) in [4.78, 5) is 17.6.